The number of amides is 1. The molecule has 0 spiro atoms. The second kappa shape index (κ2) is 4.14. The predicted molar refractivity (Wildman–Crippen MR) is 56.9 cm³/mol. The van der Waals surface area contributed by atoms with E-state index < -0.39 is 5.82 Å². The molecule has 15 heavy (non-hydrogen) atoms. The maximum atomic E-state index is 13.3. The SMILES string of the molecule is O=C1CC(Nc2ncc(Br)cc2F)CN1. The Balaban J connectivity index is 2.07. The summed E-state index contributed by atoms with van der Waals surface area (Å²) in [6, 6.07) is 1.25. The molecule has 1 aromatic rings. The number of carbonyl (C=O) groups is 1. The van der Waals surface area contributed by atoms with Crippen molar-refractivity contribution in [1.82, 2.24) is 10.3 Å². The zero-order chi connectivity index (χ0) is 10.8. The summed E-state index contributed by atoms with van der Waals surface area (Å²) in [6.07, 6.45) is 1.87. The summed E-state index contributed by atoms with van der Waals surface area (Å²) in [5.41, 5.74) is 0. The van der Waals surface area contributed by atoms with Crippen LogP contribution in [0.15, 0.2) is 16.7 Å². The first-order valence-corrected chi connectivity index (χ1v) is 5.29. The first kappa shape index (κ1) is 10.4. The minimum absolute atomic E-state index is 0.0231. The van der Waals surface area contributed by atoms with Crippen LogP contribution in [0.4, 0.5) is 10.2 Å². The Morgan fingerprint density at radius 2 is 2.47 bits per heavy atom. The zero-order valence-corrected chi connectivity index (χ0v) is 9.34. The van der Waals surface area contributed by atoms with Gasteiger partial charge in [-0.25, -0.2) is 9.37 Å². The van der Waals surface area contributed by atoms with Crippen LogP contribution in [-0.4, -0.2) is 23.5 Å². The summed E-state index contributed by atoms with van der Waals surface area (Å²) in [6.45, 7) is 0.510. The molecule has 1 atom stereocenters. The molecule has 0 aliphatic carbocycles. The number of hydrogen-bond acceptors (Lipinski definition) is 3. The number of anilines is 1. The third-order valence-corrected chi connectivity index (χ3v) is 2.56. The number of pyridine rings is 1. The van der Waals surface area contributed by atoms with Gasteiger partial charge in [-0.3, -0.25) is 4.79 Å². The molecule has 2 rings (SSSR count). The number of nitrogens with one attached hydrogen (secondary N) is 2. The highest BCUT2D eigenvalue weighted by atomic mass is 79.9. The number of nitrogens with zero attached hydrogens (tertiary/aromatic N) is 1. The van der Waals surface area contributed by atoms with Crippen LogP contribution in [0.5, 0.6) is 0 Å². The summed E-state index contributed by atoms with van der Waals surface area (Å²) in [5, 5.41) is 5.54. The van der Waals surface area contributed by atoms with Gasteiger partial charge in [0.15, 0.2) is 11.6 Å². The Bertz CT molecular complexity index is 399. The molecule has 1 fully saturated rings. The average molecular weight is 274 g/mol. The van der Waals surface area contributed by atoms with E-state index in [-0.39, 0.29) is 17.8 Å². The van der Waals surface area contributed by atoms with Gasteiger partial charge >= 0.3 is 0 Å². The van der Waals surface area contributed by atoms with Crippen molar-refractivity contribution in [1.29, 1.82) is 0 Å². The van der Waals surface area contributed by atoms with Crippen LogP contribution in [-0.2, 0) is 4.79 Å². The van der Waals surface area contributed by atoms with E-state index in [4.69, 9.17) is 0 Å². The molecule has 1 aliphatic rings. The van der Waals surface area contributed by atoms with E-state index in [1.165, 1.54) is 12.3 Å². The van der Waals surface area contributed by atoms with Crippen LogP contribution < -0.4 is 10.6 Å². The molecule has 0 radical (unpaired) electrons. The van der Waals surface area contributed by atoms with Crippen LogP contribution in [0, 0.1) is 5.82 Å². The molecule has 1 saturated heterocycles. The second-order valence-electron chi connectivity index (χ2n) is 3.33. The Morgan fingerprint density at radius 3 is 3.07 bits per heavy atom. The van der Waals surface area contributed by atoms with Crippen molar-refractivity contribution in [2.45, 2.75) is 12.5 Å². The molecule has 2 heterocycles. The number of hydrogen-bond donors (Lipinski definition) is 2. The van der Waals surface area contributed by atoms with Crippen molar-refractivity contribution >= 4 is 27.7 Å². The number of aromatic nitrogens is 1. The van der Waals surface area contributed by atoms with E-state index in [9.17, 15) is 9.18 Å². The molecule has 0 saturated carbocycles. The molecular formula is C9H9BrFN3O. The van der Waals surface area contributed by atoms with Crippen molar-refractivity contribution in [2.24, 2.45) is 0 Å². The Morgan fingerprint density at radius 1 is 1.67 bits per heavy atom. The van der Waals surface area contributed by atoms with Gasteiger partial charge in [0.25, 0.3) is 0 Å². The fourth-order valence-corrected chi connectivity index (χ4v) is 1.72. The van der Waals surface area contributed by atoms with E-state index in [1.54, 1.807) is 0 Å². The largest absolute Gasteiger partial charge is 0.363 e. The van der Waals surface area contributed by atoms with Crippen LogP contribution >= 0.6 is 15.9 Å². The van der Waals surface area contributed by atoms with Gasteiger partial charge in [0.2, 0.25) is 5.91 Å². The molecule has 4 nitrogen and oxygen atoms in total. The normalized spacial score (nSPS) is 20.1. The fourth-order valence-electron chi connectivity index (χ4n) is 1.42. The molecule has 0 aromatic carbocycles. The van der Waals surface area contributed by atoms with Crippen molar-refractivity contribution in [3.63, 3.8) is 0 Å². The molecule has 1 amide bonds. The first-order valence-electron chi connectivity index (χ1n) is 4.49. The third kappa shape index (κ3) is 2.44. The maximum Gasteiger partial charge on any atom is 0.222 e. The lowest BCUT2D eigenvalue weighted by atomic mass is 10.2. The lowest BCUT2D eigenvalue weighted by Gasteiger charge is -2.11. The van der Waals surface area contributed by atoms with Gasteiger partial charge in [-0.1, -0.05) is 0 Å². The molecule has 1 aromatic heterocycles. The van der Waals surface area contributed by atoms with Crippen LogP contribution in [0.25, 0.3) is 0 Å². The van der Waals surface area contributed by atoms with Gasteiger partial charge in [0, 0.05) is 23.6 Å². The monoisotopic (exact) mass is 273 g/mol. The summed E-state index contributed by atoms with van der Waals surface area (Å²) < 4.78 is 13.9. The smallest absolute Gasteiger partial charge is 0.222 e. The topological polar surface area (TPSA) is 54.0 Å². The summed E-state index contributed by atoms with van der Waals surface area (Å²) in [4.78, 5) is 14.8. The lowest BCUT2D eigenvalue weighted by Crippen LogP contribution is -2.23. The molecule has 80 valence electrons. The number of carbonyl (C=O) groups excluding carboxylic acids is 1. The zero-order valence-electron chi connectivity index (χ0n) is 7.76. The van der Waals surface area contributed by atoms with Crippen molar-refractivity contribution < 1.29 is 9.18 Å². The van der Waals surface area contributed by atoms with Crippen molar-refractivity contribution in [2.75, 3.05) is 11.9 Å². The minimum Gasteiger partial charge on any atom is -0.363 e. The van der Waals surface area contributed by atoms with Gasteiger partial charge in [-0.15, -0.1) is 0 Å². The number of halogens is 2. The van der Waals surface area contributed by atoms with E-state index in [0.29, 0.717) is 17.4 Å². The van der Waals surface area contributed by atoms with Crippen LogP contribution in [0.2, 0.25) is 0 Å². The lowest BCUT2D eigenvalue weighted by molar-refractivity contribution is -0.119. The van der Waals surface area contributed by atoms with E-state index >= 15 is 0 Å². The molecule has 1 aliphatic heterocycles. The standard InChI is InChI=1S/C9H9BrFN3O/c10-5-1-7(11)9(13-3-5)14-6-2-8(15)12-4-6/h1,3,6H,2,4H2,(H,12,15)(H,13,14). The van der Waals surface area contributed by atoms with Gasteiger partial charge in [-0.05, 0) is 22.0 Å². The van der Waals surface area contributed by atoms with Crippen LogP contribution in [0.1, 0.15) is 6.42 Å². The Kier molecular flexibility index (Phi) is 2.86. The molecule has 0 bridgehead atoms. The maximum absolute atomic E-state index is 13.3. The van der Waals surface area contributed by atoms with E-state index in [1.807, 2.05) is 0 Å². The van der Waals surface area contributed by atoms with Crippen molar-refractivity contribution in [3.8, 4) is 0 Å². The quantitative estimate of drug-likeness (QED) is 0.854. The summed E-state index contributed by atoms with van der Waals surface area (Å²) >= 11 is 3.12. The molecule has 2 N–H and O–H groups in total. The van der Waals surface area contributed by atoms with Crippen LogP contribution in [0.3, 0.4) is 0 Å². The second-order valence-corrected chi connectivity index (χ2v) is 4.25. The first-order chi connectivity index (χ1) is 7.15. The highest BCUT2D eigenvalue weighted by Crippen LogP contribution is 2.17. The highest BCUT2D eigenvalue weighted by Gasteiger charge is 2.22. The third-order valence-electron chi connectivity index (χ3n) is 2.13. The molecule has 6 heteroatoms. The number of rotatable bonds is 2. The summed E-state index contributed by atoms with van der Waals surface area (Å²) in [7, 11) is 0. The summed E-state index contributed by atoms with van der Waals surface area (Å²) in [5.74, 6) is -0.270. The van der Waals surface area contributed by atoms with Gasteiger partial charge in [0.05, 0.1) is 6.04 Å². The van der Waals surface area contributed by atoms with Crippen molar-refractivity contribution in [3.05, 3.63) is 22.6 Å². The van der Waals surface area contributed by atoms with Gasteiger partial charge in [-0.2, -0.15) is 0 Å². The predicted octanol–water partition coefficient (Wildman–Crippen LogP) is 1.28. The fraction of sp³-hybridized carbons (Fsp3) is 0.333. The molecular weight excluding hydrogens is 265 g/mol. The Hall–Kier alpha value is -1.17. The van der Waals surface area contributed by atoms with E-state index in [2.05, 4.69) is 31.5 Å². The average Bonchev–Trinajstić information content (AvgIpc) is 2.56. The minimum atomic E-state index is -0.427. The van der Waals surface area contributed by atoms with Gasteiger partial charge < -0.3 is 10.6 Å². The Labute approximate surface area is 94.4 Å². The van der Waals surface area contributed by atoms with Gasteiger partial charge in [0.1, 0.15) is 0 Å². The molecule has 1 unspecified atom stereocenters. The highest BCUT2D eigenvalue weighted by molar-refractivity contribution is 9.10. The van der Waals surface area contributed by atoms with E-state index in [0.717, 1.165) is 0 Å².